The summed E-state index contributed by atoms with van der Waals surface area (Å²) in [6, 6.07) is 1.38. The Morgan fingerprint density at radius 1 is 1.35 bits per heavy atom. The summed E-state index contributed by atoms with van der Waals surface area (Å²) in [5.41, 5.74) is 0.454. The maximum atomic E-state index is 13.1. The molecule has 2 aliphatic rings. The van der Waals surface area contributed by atoms with Gasteiger partial charge >= 0.3 is 0 Å². The zero-order valence-corrected chi connectivity index (χ0v) is 9.91. The number of hydrogen-bond acceptors (Lipinski definition) is 3. The van der Waals surface area contributed by atoms with E-state index in [1.54, 1.807) is 6.20 Å². The molecule has 92 valence electrons. The first-order valence-corrected chi connectivity index (χ1v) is 6.11. The number of pyridine rings is 1. The number of nitrogens with one attached hydrogen (secondary N) is 1. The molecule has 1 aromatic rings. The summed E-state index contributed by atoms with van der Waals surface area (Å²) in [4.78, 5) is 3.81. The summed E-state index contributed by atoms with van der Waals surface area (Å²) < 4.78 is 13.1. The van der Waals surface area contributed by atoms with Crippen LogP contribution in [0.25, 0.3) is 0 Å². The monoisotopic (exact) mass is 236 g/mol. The van der Waals surface area contributed by atoms with E-state index in [-0.39, 0.29) is 11.1 Å². The number of aliphatic hydroxyl groups is 1. The summed E-state index contributed by atoms with van der Waals surface area (Å²) in [7, 11) is 0. The van der Waals surface area contributed by atoms with Crippen LogP contribution in [-0.4, -0.2) is 21.2 Å². The minimum atomic E-state index is -0.671. The van der Waals surface area contributed by atoms with E-state index in [2.05, 4.69) is 17.2 Å². The van der Waals surface area contributed by atoms with Gasteiger partial charge in [-0.3, -0.25) is 4.98 Å². The molecular weight excluding hydrogens is 219 g/mol. The number of nitrogens with zero attached hydrogens (tertiary/aromatic N) is 1. The van der Waals surface area contributed by atoms with Crippen molar-refractivity contribution >= 4 is 0 Å². The van der Waals surface area contributed by atoms with Gasteiger partial charge in [0.05, 0.1) is 12.3 Å². The summed E-state index contributed by atoms with van der Waals surface area (Å²) in [5, 5.41) is 14.0. The minimum absolute atomic E-state index is 0.154. The first-order chi connectivity index (χ1) is 8.03. The molecule has 2 aliphatic heterocycles. The molecule has 1 atom stereocenters. The Labute approximate surface area is 100 Å². The van der Waals surface area contributed by atoms with Gasteiger partial charge in [0.25, 0.3) is 0 Å². The Balaban J connectivity index is 1.90. The molecule has 2 bridgehead atoms. The maximum absolute atomic E-state index is 13.1. The molecule has 1 aromatic heterocycles. The van der Waals surface area contributed by atoms with Crippen molar-refractivity contribution in [3.63, 3.8) is 0 Å². The number of aliphatic hydroxyl groups excluding tert-OH is 1. The van der Waals surface area contributed by atoms with Crippen LogP contribution < -0.4 is 5.32 Å². The molecule has 2 N–H and O–H groups in total. The standard InChI is InChI=1S/C13H17FN2O/c1-12-2-4-13(16-12,5-3-12)11(17)9-6-10(14)8-15-7-9/h6-8,11,16-17H,2-5H2,1H3/t11-,12?,13?/m0/s1. The van der Waals surface area contributed by atoms with Gasteiger partial charge in [-0.05, 0) is 38.7 Å². The Kier molecular flexibility index (Phi) is 2.28. The van der Waals surface area contributed by atoms with Crippen molar-refractivity contribution in [2.75, 3.05) is 0 Å². The van der Waals surface area contributed by atoms with Crippen LogP contribution in [-0.2, 0) is 0 Å². The van der Waals surface area contributed by atoms with Crippen LogP contribution in [0.2, 0.25) is 0 Å². The van der Waals surface area contributed by atoms with Crippen LogP contribution in [0, 0.1) is 5.82 Å². The number of aromatic nitrogens is 1. The van der Waals surface area contributed by atoms with Gasteiger partial charge in [0, 0.05) is 22.8 Å². The maximum Gasteiger partial charge on any atom is 0.141 e. The van der Waals surface area contributed by atoms with Crippen LogP contribution in [0.4, 0.5) is 4.39 Å². The number of hydrogen-bond donors (Lipinski definition) is 2. The van der Waals surface area contributed by atoms with E-state index in [1.807, 2.05) is 0 Å². The molecule has 0 unspecified atom stereocenters. The van der Waals surface area contributed by atoms with Crippen molar-refractivity contribution in [2.45, 2.75) is 49.8 Å². The predicted octanol–water partition coefficient (Wildman–Crippen LogP) is 1.93. The van der Waals surface area contributed by atoms with Gasteiger partial charge in [0.2, 0.25) is 0 Å². The Morgan fingerprint density at radius 2 is 2.06 bits per heavy atom. The van der Waals surface area contributed by atoms with Gasteiger partial charge in [-0.25, -0.2) is 4.39 Å². The molecule has 3 nitrogen and oxygen atoms in total. The molecule has 0 saturated carbocycles. The van der Waals surface area contributed by atoms with E-state index in [9.17, 15) is 9.50 Å². The third-order valence-corrected chi connectivity index (χ3v) is 4.36. The lowest BCUT2D eigenvalue weighted by atomic mass is 9.78. The quantitative estimate of drug-likeness (QED) is 0.824. The van der Waals surface area contributed by atoms with E-state index < -0.39 is 11.9 Å². The average molecular weight is 236 g/mol. The van der Waals surface area contributed by atoms with E-state index in [0.29, 0.717) is 5.56 Å². The molecular formula is C13H17FN2O. The van der Waals surface area contributed by atoms with Gasteiger partial charge in [0.1, 0.15) is 5.82 Å². The molecule has 0 aliphatic carbocycles. The highest BCUT2D eigenvalue weighted by molar-refractivity contribution is 5.24. The lowest BCUT2D eigenvalue weighted by Crippen LogP contribution is -2.45. The SMILES string of the molecule is CC12CCC([C@@H](O)c3cncc(F)c3)(CC1)N2. The van der Waals surface area contributed by atoms with Gasteiger partial charge in [-0.15, -0.1) is 0 Å². The molecule has 4 heteroatoms. The molecule has 17 heavy (non-hydrogen) atoms. The van der Waals surface area contributed by atoms with Gasteiger partial charge < -0.3 is 10.4 Å². The summed E-state index contributed by atoms with van der Waals surface area (Å²) >= 11 is 0. The number of rotatable bonds is 2. The number of fused-ring (bicyclic) bond motifs is 2. The molecule has 0 spiro atoms. The Hall–Kier alpha value is -1.00. The van der Waals surface area contributed by atoms with Crippen LogP contribution >= 0.6 is 0 Å². The highest BCUT2D eigenvalue weighted by atomic mass is 19.1. The molecule has 0 aromatic carbocycles. The third kappa shape index (κ3) is 1.67. The topological polar surface area (TPSA) is 45.2 Å². The van der Waals surface area contributed by atoms with Crippen molar-refractivity contribution in [3.05, 3.63) is 29.8 Å². The molecule has 0 radical (unpaired) electrons. The second kappa shape index (κ2) is 3.50. The predicted molar refractivity (Wildman–Crippen MR) is 61.9 cm³/mol. The largest absolute Gasteiger partial charge is 0.386 e. The molecule has 0 amide bonds. The molecule has 2 saturated heterocycles. The van der Waals surface area contributed by atoms with E-state index in [1.165, 1.54) is 6.07 Å². The normalized spacial score (nSPS) is 37.4. The van der Waals surface area contributed by atoms with Gasteiger partial charge in [0.15, 0.2) is 0 Å². The van der Waals surface area contributed by atoms with Crippen LogP contribution in [0.3, 0.4) is 0 Å². The van der Waals surface area contributed by atoms with Crippen LogP contribution in [0.5, 0.6) is 0 Å². The first-order valence-electron chi connectivity index (χ1n) is 6.11. The summed E-state index contributed by atoms with van der Waals surface area (Å²) in [6.07, 6.45) is 6.09. The Bertz CT molecular complexity index is 441. The lowest BCUT2D eigenvalue weighted by molar-refractivity contribution is 0.0732. The highest BCUT2D eigenvalue weighted by Crippen LogP contribution is 2.50. The average Bonchev–Trinajstić information content (AvgIpc) is 2.83. The third-order valence-electron chi connectivity index (χ3n) is 4.36. The van der Waals surface area contributed by atoms with Crippen LogP contribution in [0.15, 0.2) is 18.5 Å². The lowest BCUT2D eigenvalue weighted by Gasteiger charge is -2.31. The van der Waals surface area contributed by atoms with Gasteiger partial charge in [-0.2, -0.15) is 0 Å². The van der Waals surface area contributed by atoms with Gasteiger partial charge in [-0.1, -0.05) is 0 Å². The van der Waals surface area contributed by atoms with Crippen molar-refractivity contribution in [1.82, 2.24) is 10.3 Å². The summed E-state index contributed by atoms with van der Waals surface area (Å²) in [6.45, 7) is 2.19. The summed E-state index contributed by atoms with van der Waals surface area (Å²) in [5.74, 6) is -0.392. The van der Waals surface area contributed by atoms with Crippen molar-refractivity contribution < 1.29 is 9.50 Å². The fourth-order valence-electron chi connectivity index (χ4n) is 3.34. The zero-order valence-electron chi connectivity index (χ0n) is 9.91. The van der Waals surface area contributed by atoms with Crippen molar-refractivity contribution in [3.8, 4) is 0 Å². The van der Waals surface area contributed by atoms with E-state index in [0.717, 1.165) is 31.9 Å². The van der Waals surface area contributed by atoms with Crippen molar-refractivity contribution in [2.24, 2.45) is 0 Å². The second-order valence-electron chi connectivity index (χ2n) is 5.68. The fraction of sp³-hybridized carbons (Fsp3) is 0.615. The smallest absolute Gasteiger partial charge is 0.141 e. The molecule has 2 fully saturated rings. The second-order valence-corrected chi connectivity index (χ2v) is 5.68. The minimum Gasteiger partial charge on any atom is -0.386 e. The van der Waals surface area contributed by atoms with Crippen LogP contribution in [0.1, 0.15) is 44.3 Å². The Morgan fingerprint density at radius 3 is 2.59 bits per heavy atom. The zero-order chi connectivity index (χ0) is 12.1. The fourth-order valence-corrected chi connectivity index (χ4v) is 3.34. The molecule has 3 heterocycles. The highest BCUT2D eigenvalue weighted by Gasteiger charge is 2.54. The van der Waals surface area contributed by atoms with E-state index >= 15 is 0 Å². The van der Waals surface area contributed by atoms with Crippen molar-refractivity contribution in [1.29, 1.82) is 0 Å². The van der Waals surface area contributed by atoms with E-state index in [4.69, 9.17) is 0 Å². The molecule has 3 rings (SSSR count). The first kappa shape index (κ1) is 11.1. The number of halogens is 1.